The molecule has 0 bridgehead atoms. The first-order valence-corrected chi connectivity index (χ1v) is 6.86. The highest BCUT2D eigenvalue weighted by atomic mass is 79.9. The Kier molecular flexibility index (Phi) is 4.57. The van der Waals surface area contributed by atoms with Crippen LogP contribution >= 0.6 is 15.9 Å². The maximum absolute atomic E-state index is 11.3. The standard InChI is InChI=1S/C14H13BrN2O3/c1-2-16-11-7-5-9-13(14(11)17(18)19)20-12-8-4-3-6-10(12)15/h3-9,16H,2H2,1H3. The minimum absolute atomic E-state index is 0.0647. The molecule has 0 atom stereocenters. The summed E-state index contributed by atoms with van der Waals surface area (Å²) in [6, 6.07) is 12.2. The van der Waals surface area contributed by atoms with Crippen molar-refractivity contribution in [3.05, 3.63) is 57.1 Å². The van der Waals surface area contributed by atoms with Crippen LogP contribution < -0.4 is 10.1 Å². The lowest BCUT2D eigenvalue weighted by Crippen LogP contribution is -2.02. The Bertz CT molecular complexity index is 632. The molecule has 2 aromatic carbocycles. The molecule has 0 heterocycles. The number of para-hydroxylation sites is 2. The molecule has 2 aromatic rings. The number of nitrogens with zero attached hydrogens (tertiary/aromatic N) is 1. The Morgan fingerprint density at radius 1 is 1.20 bits per heavy atom. The summed E-state index contributed by atoms with van der Waals surface area (Å²) in [6.07, 6.45) is 0. The molecule has 5 nitrogen and oxygen atoms in total. The summed E-state index contributed by atoms with van der Waals surface area (Å²) in [5.41, 5.74) is 0.382. The number of hydrogen-bond donors (Lipinski definition) is 1. The van der Waals surface area contributed by atoms with Gasteiger partial charge in [-0.3, -0.25) is 10.1 Å². The van der Waals surface area contributed by atoms with Crippen molar-refractivity contribution >= 4 is 27.3 Å². The number of rotatable bonds is 5. The molecule has 6 heteroatoms. The predicted octanol–water partition coefficient (Wildman–Crippen LogP) is 4.58. The van der Waals surface area contributed by atoms with Gasteiger partial charge in [0.15, 0.2) is 0 Å². The molecule has 0 aliphatic rings. The zero-order chi connectivity index (χ0) is 14.5. The summed E-state index contributed by atoms with van der Waals surface area (Å²) in [5.74, 6) is 0.740. The van der Waals surface area contributed by atoms with Crippen LogP contribution in [0.3, 0.4) is 0 Å². The van der Waals surface area contributed by atoms with Gasteiger partial charge in [-0.25, -0.2) is 0 Å². The third-order valence-corrected chi connectivity index (χ3v) is 3.26. The zero-order valence-electron chi connectivity index (χ0n) is 10.8. The van der Waals surface area contributed by atoms with Gasteiger partial charge in [-0.2, -0.15) is 0 Å². The van der Waals surface area contributed by atoms with Crippen LogP contribution in [0.1, 0.15) is 6.92 Å². The summed E-state index contributed by atoms with van der Waals surface area (Å²) < 4.78 is 6.40. The van der Waals surface area contributed by atoms with Gasteiger partial charge in [0.05, 0.1) is 9.40 Å². The maximum Gasteiger partial charge on any atom is 0.334 e. The zero-order valence-corrected chi connectivity index (χ0v) is 12.4. The van der Waals surface area contributed by atoms with E-state index in [0.29, 0.717) is 18.0 Å². The Morgan fingerprint density at radius 2 is 1.90 bits per heavy atom. The molecule has 0 saturated heterocycles. The van der Waals surface area contributed by atoms with Crippen LogP contribution in [0.15, 0.2) is 46.9 Å². The molecule has 0 radical (unpaired) electrons. The van der Waals surface area contributed by atoms with Gasteiger partial charge in [-0.1, -0.05) is 18.2 Å². The SMILES string of the molecule is CCNc1cccc(Oc2ccccc2Br)c1[N+](=O)[O-]. The van der Waals surface area contributed by atoms with Crippen molar-refractivity contribution in [3.8, 4) is 11.5 Å². The monoisotopic (exact) mass is 336 g/mol. The number of nitro benzene ring substituents is 1. The van der Waals surface area contributed by atoms with Crippen molar-refractivity contribution in [3.63, 3.8) is 0 Å². The molecule has 0 fully saturated rings. The Balaban J connectivity index is 2.44. The van der Waals surface area contributed by atoms with Crippen molar-refractivity contribution in [1.82, 2.24) is 0 Å². The molecule has 1 N–H and O–H groups in total. The lowest BCUT2D eigenvalue weighted by atomic mass is 10.2. The van der Waals surface area contributed by atoms with Gasteiger partial charge in [-0.15, -0.1) is 0 Å². The van der Waals surface area contributed by atoms with Gasteiger partial charge in [0.25, 0.3) is 0 Å². The van der Waals surface area contributed by atoms with Crippen molar-refractivity contribution < 1.29 is 9.66 Å². The second-order valence-corrected chi connectivity index (χ2v) is 4.83. The minimum atomic E-state index is -0.440. The van der Waals surface area contributed by atoms with Gasteiger partial charge >= 0.3 is 5.69 Å². The van der Waals surface area contributed by atoms with E-state index < -0.39 is 4.92 Å². The molecule has 20 heavy (non-hydrogen) atoms. The van der Waals surface area contributed by atoms with Crippen LogP contribution in [0.2, 0.25) is 0 Å². The summed E-state index contributed by atoms with van der Waals surface area (Å²) in [7, 11) is 0. The van der Waals surface area contributed by atoms with Gasteiger partial charge in [0.1, 0.15) is 11.4 Å². The van der Waals surface area contributed by atoms with Crippen LogP contribution in [0.25, 0.3) is 0 Å². The maximum atomic E-state index is 11.3. The average Bonchev–Trinajstić information content (AvgIpc) is 2.41. The van der Waals surface area contributed by atoms with Crippen molar-refractivity contribution in [2.24, 2.45) is 0 Å². The smallest absolute Gasteiger partial charge is 0.334 e. The molecule has 0 unspecified atom stereocenters. The molecule has 0 amide bonds. The predicted molar refractivity (Wildman–Crippen MR) is 81.5 cm³/mol. The highest BCUT2D eigenvalue weighted by Crippen LogP contribution is 2.39. The van der Waals surface area contributed by atoms with E-state index in [4.69, 9.17) is 4.74 Å². The Hall–Kier alpha value is -2.08. The minimum Gasteiger partial charge on any atom is -0.449 e. The Labute approximate surface area is 124 Å². The third kappa shape index (κ3) is 3.08. The van der Waals surface area contributed by atoms with Crippen LogP contribution in [0, 0.1) is 10.1 Å². The van der Waals surface area contributed by atoms with Crippen LogP contribution in [0.5, 0.6) is 11.5 Å². The summed E-state index contributed by atoms with van der Waals surface area (Å²) >= 11 is 3.35. The van der Waals surface area contributed by atoms with Crippen LogP contribution in [0.4, 0.5) is 11.4 Å². The molecule has 0 aromatic heterocycles. The highest BCUT2D eigenvalue weighted by molar-refractivity contribution is 9.10. The first-order chi connectivity index (χ1) is 9.63. The third-order valence-electron chi connectivity index (χ3n) is 2.61. The second kappa shape index (κ2) is 6.38. The average molecular weight is 337 g/mol. The fourth-order valence-corrected chi connectivity index (χ4v) is 2.14. The van der Waals surface area contributed by atoms with Gasteiger partial charge in [0.2, 0.25) is 5.75 Å². The van der Waals surface area contributed by atoms with Crippen LogP contribution in [-0.4, -0.2) is 11.5 Å². The summed E-state index contributed by atoms with van der Waals surface area (Å²) in [6.45, 7) is 2.48. The van der Waals surface area contributed by atoms with E-state index >= 15 is 0 Å². The number of ether oxygens (including phenoxy) is 1. The fraction of sp³-hybridized carbons (Fsp3) is 0.143. The van der Waals surface area contributed by atoms with E-state index in [1.165, 1.54) is 0 Å². The highest BCUT2D eigenvalue weighted by Gasteiger charge is 2.21. The topological polar surface area (TPSA) is 64.4 Å². The molecule has 2 rings (SSSR count). The molecule has 104 valence electrons. The number of halogens is 1. The number of nitrogens with one attached hydrogen (secondary N) is 1. The summed E-state index contributed by atoms with van der Waals surface area (Å²) in [4.78, 5) is 10.8. The van der Waals surface area contributed by atoms with E-state index in [9.17, 15) is 10.1 Å². The molecule has 0 aliphatic carbocycles. The number of anilines is 1. The molecule has 0 aliphatic heterocycles. The summed E-state index contributed by atoms with van der Waals surface area (Å²) in [5, 5.41) is 14.2. The lowest BCUT2D eigenvalue weighted by Gasteiger charge is -2.11. The van der Waals surface area contributed by atoms with Gasteiger partial charge in [0, 0.05) is 6.54 Å². The van der Waals surface area contributed by atoms with Crippen molar-refractivity contribution in [2.45, 2.75) is 6.92 Å². The molecule has 0 spiro atoms. The fourth-order valence-electron chi connectivity index (χ4n) is 1.77. The number of hydrogen-bond acceptors (Lipinski definition) is 4. The number of nitro groups is 1. The van der Waals surface area contributed by atoms with E-state index in [1.807, 2.05) is 19.1 Å². The number of benzene rings is 2. The second-order valence-electron chi connectivity index (χ2n) is 3.97. The molecular weight excluding hydrogens is 324 g/mol. The van der Waals surface area contributed by atoms with Crippen LogP contribution in [-0.2, 0) is 0 Å². The van der Waals surface area contributed by atoms with Gasteiger partial charge < -0.3 is 10.1 Å². The van der Waals surface area contributed by atoms with Gasteiger partial charge in [-0.05, 0) is 47.1 Å². The molecule has 0 saturated carbocycles. The van der Waals surface area contributed by atoms with E-state index in [0.717, 1.165) is 4.47 Å². The van der Waals surface area contributed by atoms with Crippen molar-refractivity contribution in [2.75, 3.05) is 11.9 Å². The first kappa shape index (κ1) is 14.3. The Morgan fingerprint density at radius 3 is 2.55 bits per heavy atom. The van der Waals surface area contributed by atoms with E-state index in [1.54, 1.807) is 30.3 Å². The van der Waals surface area contributed by atoms with Crippen molar-refractivity contribution in [1.29, 1.82) is 0 Å². The normalized spacial score (nSPS) is 10.1. The van der Waals surface area contributed by atoms with E-state index in [2.05, 4.69) is 21.2 Å². The van der Waals surface area contributed by atoms with E-state index in [-0.39, 0.29) is 11.4 Å². The first-order valence-electron chi connectivity index (χ1n) is 6.07. The lowest BCUT2D eigenvalue weighted by molar-refractivity contribution is -0.384. The quantitative estimate of drug-likeness (QED) is 0.641. The molecular formula is C14H13BrN2O3. The largest absolute Gasteiger partial charge is 0.449 e.